The third-order valence-electron chi connectivity index (χ3n) is 5.62. The van der Waals surface area contributed by atoms with Crippen molar-refractivity contribution in [3.8, 4) is 0 Å². The van der Waals surface area contributed by atoms with Gasteiger partial charge in [0.05, 0.1) is 12.8 Å². The molecular weight excluding hydrogens is 469 g/mol. The van der Waals surface area contributed by atoms with E-state index in [1.54, 1.807) is 12.1 Å². The van der Waals surface area contributed by atoms with E-state index in [1.165, 1.54) is 11.2 Å². The van der Waals surface area contributed by atoms with Gasteiger partial charge in [0.25, 0.3) is 5.91 Å². The maximum Gasteiger partial charge on any atom is 0.276 e. The zero-order valence-electron chi connectivity index (χ0n) is 17.5. The highest BCUT2D eigenvalue weighted by molar-refractivity contribution is 7.11. The van der Waals surface area contributed by atoms with Crippen molar-refractivity contribution < 1.29 is 14.0 Å². The number of hydrogen-bond acceptors (Lipinski definition) is 5. The monoisotopic (exact) mass is 491 g/mol. The van der Waals surface area contributed by atoms with Crippen LogP contribution in [0.15, 0.2) is 47.1 Å². The van der Waals surface area contributed by atoms with E-state index in [0.29, 0.717) is 11.3 Å². The van der Waals surface area contributed by atoms with Crippen molar-refractivity contribution >= 4 is 46.5 Å². The van der Waals surface area contributed by atoms with Gasteiger partial charge < -0.3 is 14.6 Å². The van der Waals surface area contributed by atoms with Gasteiger partial charge in [-0.25, -0.2) is 0 Å². The smallest absolute Gasteiger partial charge is 0.276 e. The first-order chi connectivity index (χ1) is 15.4. The van der Waals surface area contributed by atoms with Crippen LogP contribution in [0, 0.1) is 6.92 Å². The van der Waals surface area contributed by atoms with Gasteiger partial charge in [-0.3, -0.25) is 9.59 Å². The Bertz CT molecular complexity index is 1080. The number of benzene rings is 1. The Kier molecular flexibility index (Phi) is 7.18. The standard InChI is InChI=1S/C23H23Cl2N3O3S/c1-14-8-10-15(11-9-14)20(22(29)26-16-5-2-3-6-16)28(13-17-7-4-12-31-17)23(30)19-18(24)21(25)32-27-19/h4,7-12,16,20H,2-3,5-6,13H2,1H3,(H,26,29). The molecule has 1 aliphatic rings. The molecule has 3 aromatic rings. The van der Waals surface area contributed by atoms with Crippen molar-refractivity contribution in [2.75, 3.05) is 0 Å². The summed E-state index contributed by atoms with van der Waals surface area (Å²) in [6.07, 6.45) is 5.58. The van der Waals surface area contributed by atoms with Gasteiger partial charge in [0.15, 0.2) is 5.69 Å². The summed E-state index contributed by atoms with van der Waals surface area (Å²) < 4.78 is 9.88. The number of carbonyl (C=O) groups is 2. The second-order valence-corrected chi connectivity index (χ2v) is 9.69. The molecule has 6 nitrogen and oxygen atoms in total. The van der Waals surface area contributed by atoms with Gasteiger partial charge in [-0.2, -0.15) is 4.37 Å². The zero-order chi connectivity index (χ0) is 22.7. The van der Waals surface area contributed by atoms with Crippen LogP contribution in [0.1, 0.15) is 59.1 Å². The quantitative estimate of drug-likeness (QED) is 0.453. The lowest BCUT2D eigenvalue weighted by atomic mass is 10.0. The zero-order valence-corrected chi connectivity index (χ0v) is 19.8. The van der Waals surface area contributed by atoms with Crippen LogP contribution in [0.25, 0.3) is 0 Å². The molecule has 0 radical (unpaired) electrons. The number of nitrogens with one attached hydrogen (secondary N) is 1. The summed E-state index contributed by atoms with van der Waals surface area (Å²) >= 11 is 13.3. The van der Waals surface area contributed by atoms with Crippen molar-refractivity contribution in [1.82, 2.24) is 14.6 Å². The minimum absolute atomic E-state index is 0.0269. The molecule has 1 fully saturated rings. The number of halogens is 2. The fraction of sp³-hybridized carbons (Fsp3) is 0.348. The number of hydrogen-bond donors (Lipinski definition) is 1. The molecule has 1 unspecified atom stereocenters. The Hall–Kier alpha value is -2.35. The lowest BCUT2D eigenvalue weighted by molar-refractivity contribution is -0.126. The molecule has 0 aliphatic heterocycles. The normalized spacial score (nSPS) is 15.0. The van der Waals surface area contributed by atoms with E-state index in [9.17, 15) is 9.59 Å². The van der Waals surface area contributed by atoms with Gasteiger partial charge in [-0.15, -0.1) is 0 Å². The minimum Gasteiger partial charge on any atom is -0.467 e. The van der Waals surface area contributed by atoms with Crippen LogP contribution in [0.4, 0.5) is 0 Å². The van der Waals surface area contributed by atoms with Gasteiger partial charge >= 0.3 is 0 Å². The predicted molar refractivity (Wildman–Crippen MR) is 125 cm³/mol. The lowest BCUT2D eigenvalue weighted by Gasteiger charge is -2.31. The van der Waals surface area contributed by atoms with Gasteiger partial charge in [-0.1, -0.05) is 65.9 Å². The third-order valence-corrected chi connectivity index (χ3v) is 7.23. The molecule has 1 atom stereocenters. The summed E-state index contributed by atoms with van der Waals surface area (Å²) in [7, 11) is 0. The number of nitrogens with zero attached hydrogens (tertiary/aromatic N) is 2. The van der Waals surface area contributed by atoms with Crippen molar-refractivity contribution in [2.45, 2.75) is 51.2 Å². The molecule has 2 heterocycles. The molecule has 1 saturated carbocycles. The number of furan rings is 1. The van der Waals surface area contributed by atoms with Crippen LogP contribution in [0.3, 0.4) is 0 Å². The van der Waals surface area contributed by atoms with E-state index < -0.39 is 11.9 Å². The summed E-state index contributed by atoms with van der Waals surface area (Å²) in [6, 6.07) is 10.3. The largest absolute Gasteiger partial charge is 0.467 e. The van der Waals surface area contributed by atoms with Crippen LogP contribution >= 0.6 is 34.7 Å². The highest BCUT2D eigenvalue weighted by atomic mass is 35.5. The molecule has 1 N–H and O–H groups in total. The van der Waals surface area contributed by atoms with Crippen LogP contribution in [-0.2, 0) is 11.3 Å². The van der Waals surface area contributed by atoms with Gasteiger partial charge in [0, 0.05) is 6.04 Å². The average molecular weight is 492 g/mol. The summed E-state index contributed by atoms with van der Waals surface area (Å²) in [5.74, 6) is -0.179. The Morgan fingerprint density at radius 2 is 1.94 bits per heavy atom. The van der Waals surface area contributed by atoms with Crippen molar-refractivity contribution in [2.24, 2.45) is 0 Å². The minimum atomic E-state index is -0.884. The summed E-state index contributed by atoms with van der Waals surface area (Å²) in [5, 5.41) is 3.23. The van der Waals surface area contributed by atoms with Crippen molar-refractivity contribution in [1.29, 1.82) is 0 Å². The van der Waals surface area contributed by atoms with Crippen LogP contribution in [0.5, 0.6) is 0 Å². The average Bonchev–Trinajstić information content (AvgIpc) is 3.53. The molecule has 2 aromatic heterocycles. The maximum atomic E-state index is 13.6. The first-order valence-corrected chi connectivity index (χ1v) is 12.0. The predicted octanol–water partition coefficient (Wildman–Crippen LogP) is 5.79. The molecule has 0 spiro atoms. The second kappa shape index (κ2) is 10.1. The molecule has 2 amide bonds. The molecule has 0 bridgehead atoms. The van der Waals surface area contributed by atoms with E-state index in [2.05, 4.69) is 9.69 Å². The van der Waals surface area contributed by atoms with E-state index >= 15 is 0 Å². The van der Waals surface area contributed by atoms with Gasteiger partial charge in [-0.05, 0) is 49.0 Å². The van der Waals surface area contributed by atoms with Gasteiger partial charge in [0.1, 0.15) is 21.2 Å². The van der Waals surface area contributed by atoms with Crippen LogP contribution < -0.4 is 5.32 Å². The van der Waals surface area contributed by atoms with Crippen molar-refractivity contribution in [3.05, 3.63) is 74.6 Å². The van der Waals surface area contributed by atoms with E-state index in [-0.39, 0.29) is 33.5 Å². The number of aryl methyl sites for hydroxylation is 1. The molecule has 4 rings (SSSR count). The number of rotatable bonds is 7. The first kappa shape index (κ1) is 22.8. The Labute approximate surface area is 200 Å². The SMILES string of the molecule is Cc1ccc(C(C(=O)NC2CCCC2)N(Cc2ccco2)C(=O)c2nsc(Cl)c2Cl)cc1. The highest BCUT2D eigenvalue weighted by Gasteiger charge is 2.36. The maximum absolute atomic E-state index is 13.6. The van der Waals surface area contributed by atoms with Crippen molar-refractivity contribution in [3.63, 3.8) is 0 Å². The topological polar surface area (TPSA) is 75.4 Å². The molecule has 0 saturated heterocycles. The highest BCUT2D eigenvalue weighted by Crippen LogP contribution is 2.33. The lowest BCUT2D eigenvalue weighted by Crippen LogP contribution is -2.46. The Morgan fingerprint density at radius 3 is 2.53 bits per heavy atom. The van der Waals surface area contributed by atoms with Crippen LogP contribution in [-0.4, -0.2) is 27.1 Å². The molecule has 32 heavy (non-hydrogen) atoms. The molecule has 9 heteroatoms. The number of aromatic nitrogens is 1. The fourth-order valence-electron chi connectivity index (χ4n) is 3.95. The van der Waals surface area contributed by atoms with Gasteiger partial charge in [0.2, 0.25) is 5.91 Å². The fourth-order valence-corrected chi connectivity index (χ4v) is 4.94. The number of amides is 2. The summed E-state index contributed by atoms with van der Waals surface area (Å²) in [5.41, 5.74) is 1.78. The van der Waals surface area contributed by atoms with E-state index in [0.717, 1.165) is 42.8 Å². The molecule has 1 aromatic carbocycles. The van der Waals surface area contributed by atoms with Crippen LogP contribution in [0.2, 0.25) is 9.36 Å². The molecule has 168 valence electrons. The third kappa shape index (κ3) is 5.00. The van der Waals surface area contributed by atoms with E-state index in [4.69, 9.17) is 27.6 Å². The Balaban J connectivity index is 1.75. The summed E-state index contributed by atoms with van der Waals surface area (Å²) in [6.45, 7) is 2.05. The second-order valence-electron chi connectivity index (χ2n) is 7.93. The first-order valence-electron chi connectivity index (χ1n) is 10.4. The molecular formula is C23H23Cl2N3O3S. The summed E-state index contributed by atoms with van der Waals surface area (Å²) in [4.78, 5) is 28.7. The molecule has 1 aliphatic carbocycles. The number of carbonyl (C=O) groups excluding carboxylic acids is 2. The Morgan fingerprint density at radius 1 is 1.22 bits per heavy atom. The van der Waals surface area contributed by atoms with E-state index in [1.807, 2.05) is 31.2 Å².